The number of hydrogen-bond acceptors (Lipinski definition) is 1. The molecule has 0 rings (SSSR count). The van der Waals surface area contributed by atoms with Gasteiger partial charge in [0.05, 0.1) is 0 Å². The summed E-state index contributed by atoms with van der Waals surface area (Å²) in [5.41, 5.74) is 0. The Hall–Kier alpha value is -0.590. The van der Waals surface area contributed by atoms with E-state index in [-0.39, 0.29) is 5.78 Å². The highest BCUT2D eigenvalue weighted by molar-refractivity contribution is 5.89. The van der Waals surface area contributed by atoms with E-state index >= 15 is 0 Å². The Bertz CT molecular complexity index is 192. The smallest absolute Gasteiger partial charge is 0.155 e. The van der Waals surface area contributed by atoms with Crippen LogP contribution in [-0.4, -0.2) is 5.78 Å². The summed E-state index contributed by atoms with van der Waals surface area (Å²) >= 11 is 0. The van der Waals surface area contributed by atoms with Gasteiger partial charge >= 0.3 is 0 Å². The molecule has 1 unspecified atom stereocenters. The summed E-state index contributed by atoms with van der Waals surface area (Å²) in [7, 11) is 0. The fourth-order valence-electron chi connectivity index (χ4n) is 1.62. The van der Waals surface area contributed by atoms with Crippen molar-refractivity contribution in [2.75, 3.05) is 0 Å². The van der Waals surface area contributed by atoms with Gasteiger partial charge in [-0.15, -0.1) is 0 Å². The Labute approximate surface area is 95.0 Å². The van der Waals surface area contributed by atoms with Crippen LogP contribution in [0.2, 0.25) is 0 Å². The molecule has 0 heterocycles. The van der Waals surface area contributed by atoms with Gasteiger partial charge in [0.25, 0.3) is 0 Å². The molecule has 0 aliphatic heterocycles. The first-order chi connectivity index (χ1) is 7.10. The molecule has 88 valence electrons. The van der Waals surface area contributed by atoms with Crippen molar-refractivity contribution in [2.24, 2.45) is 11.8 Å². The normalized spacial score (nSPS) is 13.7. The minimum absolute atomic E-state index is 0.278. The number of rotatable bonds is 8. The van der Waals surface area contributed by atoms with Gasteiger partial charge in [-0.25, -0.2) is 0 Å². The maximum absolute atomic E-state index is 11.5. The van der Waals surface area contributed by atoms with Crippen molar-refractivity contribution in [3.8, 4) is 0 Å². The molecule has 15 heavy (non-hydrogen) atoms. The van der Waals surface area contributed by atoms with Crippen LogP contribution in [0.4, 0.5) is 0 Å². The van der Waals surface area contributed by atoms with Crippen molar-refractivity contribution < 1.29 is 4.79 Å². The molecule has 0 fully saturated rings. The quantitative estimate of drug-likeness (QED) is 0.543. The van der Waals surface area contributed by atoms with Gasteiger partial charge in [0.1, 0.15) is 0 Å². The van der Waals surface area contributed by atoms with Crippen LogP contribution in [0.3, 0.4) is 0 Å². The molecule has 0 amide bonds. The van der Waals surface area contributed by atoms with Gasteiger partial charge in [0.15, 0.2) is 5.78 Å². The molecule has 0 radical (unpaired) electrons. The molecular weight excluding hydrogens is 184 g/mol. The van der Waals surface area contributed by atoms with Gasteiger partial charge in [-0.1, -0.05) is 46.6 Å². The second-order valence-electron chi connectivity index (χ2n) is 4.73. The van der Waals surface area contributed by atoms with Crippen LogP contribution in [0.25, 0.3) is 0 Å². The largest absolute Gasteiger partial charge is 0.295 e. The number of allylic oxidation sites excluding steroid dienone is 2. The first kappa shape index (κ1) is 14.4. The van der Waals surface area contributed by atoms with Crippen LogP contribution in [-0.2, 0) is 4.79 Å². The summed E-state index contributed by atoms with van der Waals surface area (Å²) in [5, 5.41) is 0. The predicted molar refractivity (Wildman–Crippen MR) is 66.9 cm³/mol. The minimum atomic E-state index is 0.278. The van der Waals surface area contributed by atoms with E-state index < -0.39 is 0 Å². The van der Waals surface area contributed by atoms with E-state index in [1.54, 1.807) is 6.08 Å². The minimum Gasteiger partial charge on any atom is -0.295 e. The standard InChI is InChI=1S/C14H26O/c1-5-7-8-13(6-2)9-10-14(15)11-12(3)4/h9-10,12-13H,5-8,11H2,1-4H3/b10-9+. The van der Waals surface area contributed by atoms with Gasteiger partial charge < -0.3 is 0 Å². The number of carbonyl (C=O) groups is 1. The lowest BCUT2D eigenvalue weighted by atomic mass is 9.97. The maximum atomic E-state index is 11.5. The van der Waals surface area contributed by atoms with Crippen molar-refractivity contribution in [1.29, 1.82) is 0 Å². The fourth-order valence-corrected chi connectivity index (χ4v) is 1.62. The molecule has 0 aromatic carbocycles. The van der Waals surface area contributed by atoms with Gasteiger partial charge in [0.2, 0.25) is 0 Å². The second kappa shape index (κ2) is 8.70. The third kappa shape index (κ3) is 8.41. The Morgan fingerprint density at radius 1 is 1.27 bits per heavy atom. The van der Waals surface area contributed by atoms with Crippen LogP contribution in [0.5, 0.6) is 0 Å². The van der Waals surface area contributed by atoms with E-state index in [0.717, 1.165) is 6.42 Å². The van der Waals surface area contributed by atoms with Crippen molar-refractivity contribution in [1.82, 2.24) is 0 Å². The lowest BCUT2D eigenvalue weighted by Gasteiger charge is -2.08. The summed E-state index contributed by atoms with van der Waals surface area (Å²) in [6.07, 6.45) is 9.46. The van der Waals surface area contributed by atoms with E-state index in [9.17, 15) is 4.79 Å². The Kier molecular flexibility index (Phi) is 8.35. The zero-order valence-electron chi connectivity index (χ0n) is 10.8. The molecule has 1 heteroatoms. The Morgan fingerprint density at radius 3 is 2.40 bits per heavy atom. The van der Waals surface area contributed by atoms with Gasteiger partial charge in [0, 0.05) is 6.42 Å². The average Bonchev–Trinajstić information content (AvgIpc) is 2.17. The molecule has 1 nitrogen and oxygen atoms in total. The maximum Gasteiger partial charge on any atom is 0.155 e. The molecule has 0 spiro atoms. The molecule has 0 aromatic rings. The average molecular weight is 210 g/mol. The van der Waals surface area contributed by atoms with Crippen molar-refractivity contribution >= 4 is 5.78 Å². The first-order valence-corrected chi connectivity index (χ1v) is 6.31. The zero-order chi connectivity index (χ0) is 11.7. The Balaban J connectivity index is 3.93. The van der Waals surface area contributed by atoms with E-state index in [4.69, 9.17) is 0 Å². The summed E-state index contributed by atoms with van der Waals surface area (Å²) in [6, 6.07) is 0. The van der Waals surface area contributed by atoms with Gasteiger partial charge in [-0.05, 0) is 30.8 Å². The molecule has 0 aliphatic rings. The molecule has 1 atom stereocenters. The number of ketones is 1. The fraction of sp³-hybridized carbons (Fsp3) is 0.786. The number of carbonyl (C=O) groups excluding carboxylic acids is 1. The van der Waals surface area contributed by atoms with Crippen LogP contribution in [0.1, 0.15) is 59.8 Å². The van der Waals surface area contributed by atoms with Crippen molar-refractivity contribution in [2.45, 2.75) is 59.8 Å². The van der Waals surface area contributed by atoms with E-state index in [2.05, 4.69) is 33.8 Å². The second-order valence-corrected chi connectivity index (χ2v) is 4.73. The van der Waals surface area contributed by atoms with Crippen LogP contribution in [0.15, 0.2) is 12.2 Å². The topological polar surface area (TPSA) is 17.1 Å². The molecular formula is C14H26O. The van der Waals surface area contributed by atoms with Crippen molar-refractivity contribution in [3.05, 3.63) is 12.2 Å². The van der Waals surface area contributed by atoms with Crippen LogP contribution < -0.4 is 0 Å². The first-order valence-electron chi connectivity index (χ1n) is 6.31. The summed E-state index contributed by atoms with van der Waals surface area (Å²) in [5.74, 6) is 1.35. The number of unbranched alkanes of at least 4 members (excludes halogenated alkanes) is 1. The van der Waals surface area contributed by atoms with Crippen molar-refractivity contribution in [3.63, 3.8) is 0 Å². The summed E-state index contributed by atoms with van der Waals surface area (Å²) in [4.78, 5) is 11.5. The van der Waals surface area contributed by atoms with Crippen LogP contribution in [0, 0.1) is 11.8 Å². The molecule has 0 aliphatic carbocycles. The molecule has 0 N–H and O–H groups in total. The molecule has 0 bridgehead atoms. The van der Waals surface area contributed by atoms with Crippen LogP contribution >= 0.6 is 0 Å². The molecule has 0 aromatic heterocycles. The zero-order valence-corrected chi connectivity index (χ0v) is 10.8. The SMILES string of the molecule is CCCCC(/C=C/C(=O)CC(C)C)CC. The lowest BCUT2D eigenvalue weighted by molar-refractivity contribution is -0.115. The highest BCUT2D eigenvalue weighted by Gasteiger charge is 2.04. The Morgan fingerprint density at radius 2 is 1.93 bits per heavy atom. The highest BCUT2D eigenvalue weighted by atomic mass is 16.1. The molecule has 0 saturated carbocycles. The summed E-state index contributed by atoms with van der Waals surface area (Å²) in [6.45, 7) is 8.57. The third-order valence-corrected chi connectivity index (χ3v) is 2.62. The lowest BCUT2D eigenvalue weighted by Crippen LogP contribution is -2.01. The van der Waals surface area contributed by atoms with Gasteiger partial charge in [-0.3, -0.25) is 4.79 Å². The summed E-state index contributed by atoms with van der Waals surface area (Å²) < 4.78 is 0. The molecule has 0 saturated heterocycles. The van der Waals surface area contributed by atoms with E-state index in [1.165, 1.54) is 19.3 Å². The predicted octanol–water partition coefficient (Wildman–Crippen LogP) is 4.37. The van der Waals surface area contributed by atoms with E-state index in [1.807, 2.05) is 0 Å². The van der Waals surface area contributed by atoms with E-state index in [0.29, 0.717) is 18.3 Å². The van der Waals surface area contributed by atoms with Gasteiger partial charge in [-0.2, -0.15) is 0 Å². The number of hydrogen-bond donors (Lipinski definition) is 0. The monoisotopic (exact) mass is 210 g/mol. The third-order valence-electron chi connectivity index (χ3n) is 2.62. The highest BCUT2D eigenvalue weighted by Crippen LogP contribution is 2.14.